The number of nitrogens with zero attached hydrogens (tertiary/aromatic N) is 3. The van der Waals surface area contributed by atoms with Crippen LogP contribution in [0.25, 0.3) is 4.96 Å². The highest BCUT2D eigenvalue weighted by molar-refractivity contribution is 7.17. The fourth-order valence-electron chi connectivity index (χ4n) is 4.24. The topological polar surface area (TPSA) is 73.3 Å². The third-order valence-electron chi connectivity index (χ3n) is 5.53. The lowest BCUT2D eigenvalue weighted by Gasteiger charge is -2.34. The molecule has 1 aromatic carbocycles. The number of aryl methyl sites for hydroxylation is 1. The molecule has 0 spiro atoms. The Hall–Kier alpha value is -2.32. The molecule has 3 atom stereocenters. The minimum Gasteiger partial charge on any atom is -0.497 e. The Morgan fingerprint density at radius 3 is 2.82 bits per heavy atom. The monoisotopic (exact) mass is 403 g/mol. The van der Waals surface area contributed by atoms with Crippen LogP contribution in [0.3, 0.4) is 0 Å². The third kappa shape index (κ3) is 3.31. The average molecular weight is 404 g/mol. The molecule has 2 N–H and O–H groups in total. The summed E-state index contributed by atoms with van der Waals surface area (Å²) in [7, 11) is 3.35. The lowest BCUT2D eigenvalue weighted by molar-refractivity contribution is -0.933. The average Bonchev–Trinajstić information content (AvgIpc) is 3.19. The number of thiazole rings is 1. The highest BCUT2D eigenvalue weighted by Gasteiger charge is 2.37. The van der Waals surface area contributed by atoms with Crippen LogP contribution in [0, 0.1) is 12.8 Å². The van der Waals surface area contributed by atoms with Crippen molar-refractivity contribution in [3.8, 4) is 17.4 Å². The highest BCUT2D eigenvalue weighted by atomic mass is 32.1. The van der Waals surface area contributed by atoms with E-state index in [9.17, 15) is 5.11 Å². The maximum Gasteiger partial charge on any atom is 0.235 e. The van der Waals surface area contributed by atoms with Crippen molar-refractivity contribution < 1.29 is 19.5 Å². The maximum atomic E-state index is 11.0. The zero-order valence-corrected chi connectivity index (χ0v) is 17.5. The number of rotatable bonds is 5. The van der Waals surface area contributed by atoms with Crippen LogP contribution in [0.1, 0.15) is 42.1 Å². The predicted molar refractivity (Wildman–Crippen MR) is 108 cm³/mol. The van der Waals surface area contributed by atoms with Gasteiger partial charge in [-0.3, -0.25) is 0 Å². The van der Waals surface area contributed by atoms with Crippen molar-refractivity contribution in [3.05, 3.63) is 34.5 Å². The molecule has 0 saturated carbocycles. The first-order valence-electron chi connectivity index (χ1n) is 9.63. The normalized spacial score (nSPS) is 21.0. The fourth-order valence-corrected chi connectivity index (χ4v) is 5.42. The first-order chi connectivity index (χ1) is 13.5. The van der Waals surface area contributed by atoms with Crippen LogP contribution >= 0.6 is 11.3 Å². The first-order valence-corrected chi connectivity index (χ1v) is 10.4. The van der Waals surface area contributed by atoms with Crippen LogP contribution in [0.15, 0.2) is 18.2 Å². The van der Waals surface area contributed by atoms with E-state index in [2.05, 4.69) is 17.0 Å². The molecule has 1 fully saturated rings. The Morgan fingerprint density at radius 2 is 2.14 bits per heavy atom. The summed E-state index contributed by atoms with van der Waals surface area (Å²) in [5, 5.41) is 15.4. The second-order valence-electron chi connectivity index (χ2n) is 7.54. The van der Waals surface area contributed by atoms with Gasteiger partial charge < -0.3 is 19.5 Å². The molecule has 0 bridgehead atoms. The van der Waals surface area contributed by atoms with Gasteiger partial charge in [-0.2, -0.15) is 4.52 Å². The molecular weight excluding hydrogens is 376 g/mol. The summed E-state index contributed by atoms with van der Waals surface area (Å²) < 4.78 is 12.7. The summed E-state index contributed by atoms with van der Waals surface area (Å²) in [6, 6.07) is 5.80. The molecule has 1 aliphatic rings. The SMILES string of the molecule is COc1ccc(OC)c([C@@H](c2sc3nc(C)nn3c2O)[NH+]2CCC[C@H](C)C2)c1. The molecule has 3 aromatic rings. The van der Waals surface area contributed by atoms with E-state index < -0.39 is 0 Å². The predicted octanol–water partition coefficient (Wildman–Crippen LogP) is 2.23. The standard InChI is InChI=1S/C20H26N4O3S/c1-12-6-5-9-23(11-12)17(15-10-14(26-3)7-8-16(15)27-4)18-19(25)24-20(28-18)21-13(2)22-24/h7-8,10,12,17,25H,5-6,9,11H2,1-4H3/p+1/t12-,17-/m0/s1. The van der Waals surface area contributed by atoms with Crippen molar-refractivity contribution in [2.24, 2.45) is 5.92 Å². The van der Waals surface area contributed by atoms with Crippen LogP contribution in [-0.2, 0) is 0 Å². The Morgan fingerprint density at radius 1 is 1.32 bits per heavy atom. The van der Waals surface area contributed by atoms with Crippen molar-refractivity contribution in [2.45, 2.75) is 32.7 Å². The van der Waals surface area contributed by atoms with Crippen LogP contribution in [0.5, 0.6) is 17.4 Å². The number of quaternary nitrogens is 1. The molecule has 0 radical (unpaired) electrons. The first kappa shape index (κ1) is 19.0. The molecule has 28 heavy (non-hydrogen) atoms. The van der Waals surface area contributed by atoms with E-state index in [1.807, 2.05) is 25.1 Å². The molecule has 1 aliphatic heterocycles. The molecule has 1 unspecified atom stereocenters. The van der Waals surface area contributed by atoms with Gasteiger partial charge in [0.2, 0.25) is 10.8 Å². The van der Waals surface area contributed by atoms with Crippen LogP contribution in [0.4, 0.5) is 0 Å². The van der Waals surface area contributed by atoms with E-state index in [0.29, 0.717) is 16.7 Å². The quantitative estimate of drug-likeness (QED) is 0.683. The number of aromatic nitrogens is 3. The number of benzene rings is 1. The highest BCUT2D eigenvalue weighted by Crippen LogP contribution is 2.39. The van der Waals surface area contributed by atoms with Crippen molar-refractivity contribution in [1.82, 2.24) is 14.6 Å². The number of hydrogen-bond acceptors (Lipinski definition) is 6. The number of methoxy groups -OCH3 is 2. The van der Waals surface area contributed by atoms with Gasteiger partial charge in [-0.25, -0.2) is 4.98 Å². The third-order valence-corrected chi connectivity index (χ3v) is 6.61. The van der Waals surface area contributed by atoms with Gasteiger partial charge in [0, 0.05) is 5.92 Å². The number of hydrogen-bond donors (Lipinski definition) is 2. The molecule has 150 valence electrons. The van der Waals surface area contributed by atoms with E-state index in [-0.39, 0.29) is 11.9 Å². The summed E-state index contributed by atoms with van der Waals surface area (Å²) in [6.07, 6.45) is 2.41. The van der Waals surface area contributed by atoms with Gasteiger partial charge in [0.15, 0.2) is 6.04 Å². The van der Waals surface area contributed by atoms with E-state index in [4.69, 9.17) is 9.47 Å². The lowest BCUT2D eigenvalue weighted by atomic mass is 9.95. The van der Waals surface area contributed by atoms with Crippen molar-refractivity contribution in [1.29, 1.82) is 0 Å². The van der Waals surface area contributed by atoms with Gasteiger partial charge >= 0.3 is 0 Å². The maximum absolute atomic E-state index is 11.0. The van der Waals surface area contributed by atoms with Gasteiger partial charge in [-0.15, -0.1) is 5.10 Å². The summed E-state index contributed by atoms with van der Waals surface area (Å²) in [5.74, 6) is 3.03. The molecule has 0 amide bonds. The minimum atomic E-state index is -0.0680. The number of aromatic hydroxyl groups is 1. The van der Waals surface area contributed by atoms with E-state index >= 15 is 0 Å². The molecule has 3 heterocycles. The number of ether oxygens (including phenoxy) is 2. The summed E-state index contributed by atoms with van der Waals surface area (Å²) in [4.78, 5) is 7.45. The zero-order valence-electron chi connectivity index (χ0n) is 16.7. The molecule has 7 nitrogen and oxygen atoms in total. The molecule has 0 aliphatic carbocycles. The van der Waals surface area contributed by atoms with Gasteiger partial charge in [0.25, 0.3) is 0 Å². The molecule has 1 saturated heterocycles. The van der Waals surface area contributed by atoms with Crippen LogP contribution < -0.4 is 14.4 Å². The second-order valence-corrected chi connectivity index (χ2v) is 8.55. The van der Waals surface area contributed by atoms with Gasteiger partial charge in [-0.05, 0) is 38.0 Å². The van der Waals surface area contributed by atoms with Crippen LogP contribution in [-0.4, -0.2) is 47.0 Å². The Labute approximate surface area is 168 Å². The zero-order chi connectivity index (χ0) is 19.8. The number of piperidine rings is 1. The fraction of sp³-hybridized carbons (Fsp3) is 0.500. The molecule has 4 rings (SSSR count). The molecule has 2 aromatic heterocycles. The van der Waals surface area contributed by atoms with Crippen molar-refractivity contribution in [2.75, 3.05) is 27.3 Å². The van der Waals surface area contributed by atoms with E-state index in [1.165, 1.54) is 29.1 Å². The number of likely N-dealkylation sites (tertiary alicyclic amines) is 1. The lowest BCUT2D eigenvalue weighted by Crippen LogP contribution is -3.13. The molecular formula is C20H27N4O3S+. The molecule has 8 heteroatoms. The smallest absolute Gasteiger partial charge is 0.235 e. The summed E-state index contributed by atoms with van der Waals surface area (Å²) in [6.45, 7) is 6.21. The largest absolute Gasteiger partial charge is 0.497 e. The van der Waals surface area contributed by atoms with Crippen LogP contribution in [0.2, 0.25) is 0 Å². The Bertz CT molecular complexity index is 983. The minimum absolute atomic E-state index is 0.0680. The number of nitrogens with one attached hydrogen (secondary N) is 1. The second kappa shape index (κ2) is 7.60. The van der Waals surface area contributed by atoms with E-state index in [1.54, 1.807) is 18.7 Å². The Kier molecular flexibility index (Phi) is 5.16. The van der Waals surface area contributed by atoms with Crippen molar-refractivity contribution in [3.63, 3.8) is 0 Å². The van der Waals surface area contributed by atoms with E-state index in [0.717, 1.165) is 35.0 Å². The van der Waals surface area contributed by atoms with Gasteiger partial charge in [0.05, 0.1) is 32.9 Å². The summed E-state index contributed by atoms with van der Waals surface area (Å²) >= 11 is 1.50. The summed E-state index contributed by atoms with van der Waals surface area (Å²) in [5.41, 5.74) is 1.02. The van der Waals surface area contributed by atoms with Crippen molar-refractivity contribution >= 4 is 16.3 Å². The van der Waals surface area contributed by atoms with Gasteiger partial charge in [0.1, 0.15) is 22.2 Å². The Balaban J connectivity index is 1.89. The number of fused-ring (bicyclic) bond motifs is 1. The van der Waals surface area contributed by atoms with Gasteiger partial charge in [-0.1, -0.05) is 18.3 Å².